The molecule has 1 saturated carbocycles. The lowest BCUT2D eigenvalue weighted by molar-refractivity contribution is 0.243. The molecule has 22 heavy (non-hydrogen) atoms. The van der Waals surface area contributed by atoms with E-state index >= 15 is 0 Å². The molecule has 3 heteroatoms. The van der Waals surface area contributed by atoms with Gasteiger partial charge in [-0.2, -0.15) is 5.26 Å². The zero-order chi connectivity index (χ0) is 15.4. The third-order valence-electron chi connectivity index (χ3n) is 4.15. The van der Waals surface area contributed by atoms with Gasteiger partial charge in [0.05, 0.1) is 12.0 Å². The van der Waals surface area contributed by atoms with Crippen molar-refractivity contribution in [1.29, 1.82) is 5.26 Å². The first-order valence-corrected chi connectivity index (χ1v) is 8.03. The van der Waals surface area contributed by atoms with Crippen LogP contribution in [0.4, 0.5) is 0 Å². The summed E-state index contributed by atoms with van der Waals surface area (Å²) >= 11 is 5.96. The molecule has 2 aromatic rings. The van der Waals surface area contributed by atoms with Crippen LogP contribution in [0, 0.1) is 23.2 Å². The lowest BCUT2D eigenvalue weighted by Gasteiger charge is -2.22. The van der Waals surface area contributed by atoms with Gasteiger partial charge < -0.3 is 0 Å². The maximum absolute atomic E-state index is 9.02. The summed E-state index contributed by atoms with van der Waals surface area (Å²) in [6.45, 7) is 2.79. The fourth-order valence-corrected chi connectivity index (χ4v) is 2.94. The first-order valence-electron chi connectivity index (χ1n) is 7.65. The molecule has 0 N–H and O–H groups in total. The van der Waals surface area contributed by atoms with Gasteiger partial charge in [-0.1, -0.05) is 54.1 Å². The Morgan fingerprint density at radius 2 is 1.64 bits per heavy atom. The van der Waals surface area contributed by atoms with Crippen LogP contribution in [0.15, 0.2) is 54.6 Å². The Kier molecular flexibility index (Phi) is 4.77. The maximum atomic E-state index is 9.02. The number of hydrogen-bond acceptors (Lipinski definition) is 2. The predicted octanol–water partition coefficient (Wildman–Crippen LogP) is 4.50. The van der Waals surface area contributed by atoms with Gasteiger partial charge in [0.1, 0.15) is 0 Å². The zero-order valence-corrected chi connectivity index (χ0v) is 13.2. The van der Waals surface area contributed by atoms with Crippen molar-refractivity contribution >= 4 is 11.6 Å². The van der Waals surface area contributed by atoms with E-state index < -0.39 is 0 Å². The summed E-state index contributed by atoms with van der Waals surface area (Å²) in [6, 6.07) is 20.9. The third kappa shape index (κ3) is 4.10. The van der Waals surface area contributed by atoms with E-state index in [0.29, 0.717) is 5.92 Å². The molecule has 2 aromatic carbocycles. The second-order valence-corrected chi connectivity index (χ2v) is 6.45. The van der Waals surface area contributed by atoms with Crippen LogP contribution < -0.4 is 0 Å². The van der Waals surface area contributed by atoms with Crippen LogP contribution in [0.2, 0.25) is 5.02 Å². The number of nitriles is 1. The molecule has 2 atom stereocenters. The molecule has 3 rings (SSSR count). The number of hydrogen-bond donors (Lipinski definition) is 0. The zero-order valence-electron chi connectivity index (χ0n) is 12.5. The Morgan fingerprint density at radius 1 is 1.00 bits per heavy atom. The minimum absolute atomic E-state index is 0.253. The van der Waals surface area contributed by atoms with Gasteiger partial charge in [-0.3, -0.25) is 4.90 Å². The van der Waals surface area contributed by atoms with Crippen LogP contribution in [0.5, 0.6) is 0 Å². The molecule has 0 spiro atoms. The molecule has 1 fully saturated rings. The van der Waals surface area contributed by atoms with Gasteiger partial charge in [0.25, 0.3) is 0 Å². The van der Waals surface area contributed by atoms with Crippen molar-refractivity contribution in [2.75, 3.05) is 6.54 Å². The van der Waals surface area contributed by atoms with E-state index in [2.05, 4.69) is 47.4 Å². The average molecular weight is 311 g/mol. The van der Waals surface area contributed by atoms with Crippen LogP contribution in [0.1, 0.15) is 17.5 Å². The molecule has 0 aliphatic heterocycles. The van der Waals surface area contributed by atoms with Crippen LogP contribution in [-0.2, 0) is 13.1 Å². The minimum atomic E-state index is 0.253. The molecule has 0 radical (unpaired) electrons. The van der Waals surface area contributed by atoms with Gasteiger partial charge in [-0.05, 0) is 35.6 Å². The van der Waals surface area contributed by atoms with Crippen LogP contribution in [0.3, 0.4) is 0 Å². The Balaban J connectivity index is 1.68. The number of rotatable bonds is 6. The van der Waals surface area contributed by atoms with Crippen molar-refractivity contribution < 1.29 is 0 Å². The number of halogens is 1. The smallest absolute Gasteiger partial charge is 0.0659 e. The van der Waals surface area contributed by atoms with E-state index in [9.17, 15) is 0 Å². The molecule has 0 saturated heterocycles. The second kappa shape index (κ2) is 6.96. The lowest BCUT2D eigenvalue weighted by Crippen LogP contribution is -2.25. The van der Waals surface area contributed by atoms with Gasteiger partial charge in [0.15, 0.2) is 0 Å². The highest BCUT2D eigenvalue weighted by molar-refractivity contribution is 6.30. The average Bonchev–Trinajstić information content (AvgIpc) is 3.29. The number of benzene rings is 2. The Morgan fingerprint density at radius 3 is 2.23 bits per heavy atom. The van der Waals surface area contributed by atoms with Gasteiger partial charge in [0, 0.05) is 24.7 Å². The molecule has 0 bridgehead atoms. The molecular weight excluding hydrogens is 292 g/mol. The van der Waals surface area contributed by atoms with Crippen molar-refractivity contribution in [3.05, 3.63) is 70.7 Å². The molecule has 2 nitrogen and oxygen atoms in total. The standard InChI is InChI=1S/C19H19ClN2/c20-19-8-6-16(7-9-19)13-22(14-18-10-17(18)11-21)12-15-4-2-1-3-5-15/h1-9,17-18H,10,12-14H2/t17-,18-/m0/s1. The highest BCUT2D eigenvalue weighted by atomic mass is 35.5. The first-order chi connectivity index (χ1) is 10.7. The molecule has 1 aliphatic carbocycles. The topological polar surface area (TPSA) is 27.0 Å². The van der Waals surface area contributed by atoms with E-state index in [4.69, 9.17) is 16.9 Å². The highest BCUT2D eigenvalue weighted by Gasteiger charge is 2.38. The molecule has 0 amide bonds. The van der Waals surface area contributed by atoms with Crippen LogP contribution in [-0.4, -0.2) is 11.4 Å². The largest absolute Gasteiger partial charge is 0.295 e. The van der Waals surface area contributed by atoms with Crippen molar-refractivity contribution in [2.24, 2.45) is 11.8 Å². The van der Waals surface area contributed by atoms with Crippen molar-refractivity contribution in [1.82, 2.24) is 4.90 Å². The third-order valence-corrected chi connectivity index (χ3v) is 4.40. The Labute approximate surface area is 136 Å². The summed E-state index contributed by atoms with van der Waals surface area (Å²) < 4.78 is 0. The summed E-state index contributed by atoms with van der Waals surface area (Å²) in [4.78, 5) is 2.43. The summed E-state index contributed by atoms with van der Waals surface area (Å²) in [7, 11) is 0. The fraction of sp³-hybridized carbons (Fsp3) is 0.316. The van der Waals surface area contributed by atoms with Gasteiger partial charge in [-0.15, -0.1) is 0 Å². The SMILES string of the molecule is N#C[C@@H]1C[C@H]1CN(Cc1ccccc1)Cc1ccc(Cl)cc1. The molecule has 1 aliphatic rings. The van der Waals surface area contributed by atoms with Gasteiger partial charge in [-0.25, -0.2) is 0 Å². The molecule has 0 unspecified atom stereocenters. The maximum Gasteiger partial charge on any atom is 0.0659 e. The van der Waals surface area contributed by atoms with E-state index in [1.807, 2.05) is 18.2 Å². The van der Waals surface area contributed by atoms with Gasteiger partial charge >= 0.3 is 0 Å². The van der Waals surface area contributed by atoms with Gasteiger partial charge in [0.2, 0.25) is 0 Å². The lowest BCUT2D eigenvalue weighted by atomic mass is 10.1. The quantitative estimate of drug-likeness (QED) is 0.785. The van der Waals surface area contributed by atoms with E-state index in [-0.39, 0.29) is 5.92 Å². The monoisotopic (exact) mass is 310 g/mol. The minimum Gasteiger partial charge on any atom is -0.295 e. The van der Waals surface area contributed by atoms with E-state index in [1.165, 1.54) is 11.1 Å². The molecular formula is C19H19ClN2. The molecule has 112 valence electrons. The second-order valence-electron chi connectivity index (χ2n) is 6.01. The van der Waals surface area contributed by atoms with E-state index in [1.54, 1.807) is 0 Å². The van der Waals surface area contributed by atoms with Crippen molar-refractivity contribution in [2.45, 2.75) is 19.5 Å². The van der Waals surface area contributed by atoms with E-state index in [0.717, 1.165) is 31.1 Å². The fourth-order valence-electron chi connectivity index (χ4n) is 2.81. The summed E-state index contributed by atoms with van der Waals surface area (Å²) in [6.07, 6.45) is 1.04. The highest BCUT2D eigenvalue weighted by Crippen LogP contribution is 2.38. The summed E-state index contributed by atoms with van der Waals surface area (Å²) in [5.74, 6) is 0.782. The van der Waals surface area contributed by atoms with Crippen molar-refractivity contribution in [3.63, 3.8) is 0 Å². The van der Waals surface area contributed by atoms with Crippen LogP contribution >= 0.6 is 11.6 Å². The van der Waals surface area contributed by atoms with Crippen molar-refractivity contribution in [3.8, 4) is 6.07 Å². The molecule has 0 heterocycles. The predicted molar refractivity (Wildman–Crippen MR) is 89.2 cm³/mol. The Hall–Kier alpha value is -1.82. The Bertz CT molecular complexity index is 645. The van der Waals surface area contributed by atoms with Crippen LogP contribution in [0.25, 0.3) is 0 Å². The summed E-state index contributed by atoms with van der Waals surface area (Å²) in [5.41, 5.74) is 2.57. The first kappa shape index (κ1) is 15.1. The normalized spacial score (nSPS) is 19.9. The number of nitrogens with zero attached hydrogens (tertiary/aromatic N) is 2. The molecule has 0 aromatic heterocycles. The summed E-state index contributed by atoms with van der Waals surface area (Å²) in [5, 5.41) is 9.78.